The fourth-order valence-electron chi connectivity index (χ4n) is 2.23. The Morgan fingerprint density at radius 3 is 2.52 bits per heavy atom. The van der Waals surface area contributed by atoms with Gasteiger partial charge < -0.3 is 20.8 Å². The molecule has 0 aliphatic carbocycles. The molecule has 0 amide bonds. The molecule has 0 saturated heterocycles. The first-order valence-corrected chi connectivity index (χ1v) is 7.44. The number of hydrogen-bond acceptors (Lipinski definition) is 6. The van der Waals surface area contributed by atoms with E-state index in [-0.39, 0.29) is 12.4 Å². The zero-order valence-electron chi connectivity index (χ0n) is 12.5. The number of aromatic nitrogens is 2. The molecule has 0 radical (unpaired) electrons. The molecule has 0 bridgehead atoms. The van der Waals surface area contributed by atoms with Crippen molar-refractivity contribution in [2.45, 2.75) is 6.42 Å². The first-order valence-electron chi connectivity index (χ1n) is 7.44. The summed E-state index contributed by atoms with van der Waals surface area (Å²) in [6.07, 6.45) is 0.652. The summed E-state index contributed by atoms with van der Waals surface area (Å²) in [5.74, 6) is 1.41. The molecule has 0 spiro atoms. The highest BCUT2D eigenvalue weighted by Crippen LogP contribution is 2.24. The van der Waals surface area contributed by atoms with Gasteiger partial charge in [0, 0.05) is 24.2 Å². The number of aliphatic hydroxyl groups excluding tert-OH is 1. The highest BCUT2D eigenvalue weighted by atomic mass is 16.3. The highest BCUT2D eigenvalue weighted by molar-refractivity contribution is 5.90. The van der Waals surface area contributed by atoms with Gasteiger partial charge in [0.15, 0.2) is 0 Å². The van der Waals surface area contributed by atoms with E-state index in [4.69, 9.17) is 5.11 Å². The lowest BCUT2D eigenvalue weighted by atomic mass is 10.2. The van der Waals surface area contributed by atoms with Crippen molar-refractivity contribution in [1.82, 2.24) is 9.97 Å². The summed E-state index contributed by atoms with van der Waals surface area (Å²) in [7, 11) is 0. The molecule has 0 atom stereocenters. The van der Waals surface area contributed by atoms with Gasteiger partial charge in [0.1, 0.15) is 11.6 Å². The van der Waals surface area contributed by atoms with Crippen LogP contribution >= 0.6 is 0 Å². The van der Waals surface area contributed by atoms with E-state index in [9.17, 15) is 5.11 Å². The van der Waals surface area contributed by atoms with E-state index in [2.05, 4.69) is 20.6 Å². The molecular weight excluding hydrogens is 292 g/mol. The average molecular weight is 310 g/mol. The van der Waals surface area contributed by atoms with Crippen LogP contribution in [0.4, 0.5) is 17.5 Å². The first kappa shape index (κ1) is 15.1. The number of anilines is 3. The average Bonchev–Trinajstić information content (AvgIpc) is 2.57. The van der Waals surface area contributed by atoms with Crippen LogP contribution in [0.3, 0.4) is 0 Å². The van der Waals surface area contributed by atoms with Crippen molar-refractivity contribution >= 4 is 28.4 Å². The second kappa shape index (κ2) is 6.93. The van der Waals surface area contributed by atoms with Crippen molar-refractivity contribution in [3.05, 3.63) is 48.5 Å². The number of benzene rings is 2. The summed E-state index contributed by atoms with van der Waals surface area (Å²) < 4.78 is 0. The molecule has 3 rings (SSSR count). The molecule has 3 aromatic rings. The van der Waals surface area contributed by atoms with Crippen molar-refractivity contribution in [3.8, 4) is 5.75 Å². The van der Waals surface area contributed by atoms with Crippen molar-refractivity contribution in [1.29, 1.82) is 0 Å². The molecule has 4 N–H and O–H groups in total. The van der Waals surface area contributed by atoms with E-state index < -0.39 is 0 Å². The Morgan fingerprint density at radius 2 is 1.74 bits per heavy atom. The molecule has 0 unspecified atom stereocenters. The number of rotatable bonds is 6. The van der Waals surface area contributed by atoms with E-state index in [1.165, 1.54) is 0 Å². The lowest BCUT2D eigenvalue weighted by Crippen LogP contribution is -2.08. The molecule has 1 aromatic heterocycles. The van der Waals surface area contributed by atoms with Gasteiger partial charge in [0.05, 0.1) is 5.52 Å². The van der Waals surface area contributed by atoms with Gasteiger partial charge in [0.25, 0.3) is 0 Å². The third-order valence-electron chi connectivity index (χ3n) is 3.35. The second-order valence-electron chi connectivity index (χ2n) is 5.09. The smallest absolute Gasteiger partial charge is 0.229 e. The number of hydrogen-bond donors (Lipinski definition) is 4. The van der Waals surface area contributed by atoms with E-state index >= 15 is 0 Å². The molecule has 6 heteroatoms. The van der Waals surface area contributed by atoms with Crippen molar-refractivity contribution in [2.75, 3.05) is 23.8 Å². The summed E-state index contributed by atoms with van der Waals surface area (Å²) in [4.78, 5) is 9.02. The molecule has 6 nitrogen and oxygen atoms in total. The van der Waals surface area contributed by atoms with E-state index in [0.717, 1.165) is 22.4 Å². The Balaban J connectivity index is 1.92. The summed E-state index contributed by atoms with van der Waals surface area (Å²) in [6, 6.07) is 14.5. The fraction of sp³-hybridized carbons (Fsp3) is 0.176. The minimum Gasteiger partial charge on any atom is -0.508 e. The van der Waals surface area contributed by atoms with Crippen LogP contribution < -0.4 is 10.6 Å². The quantitative estimate of drug-likeness (QED) is 0.413. The van der Waals surface area contributed by atoms with Crippen molar-refractivity contribution < 1.29 is 10.2 Å². The van der Waals surface area contributed by atoms with E-state index in [1.54, 1.807) is 24.3 Å². The summed E-state index contributed by atoms with van der Waals surface area (Å²) >= 11 is 0. The molecule has 0 aliphatic rings. The Hall–Kier alpha value is -2.86. The topological polar surface area (TPSA) is 90.3 Å². The van der Waals surface area contributed by atoms with Crippen LogP contribution in [-0.4, -0.2) is 33.3 Å². The van der Waals surface area contributed by atoms with Gasteiger partial charge in [0.2, 0.25) is 5.95 Å². The summed E-state index contributed by atoms with van der Waals surface area (Å²) in [5, 5.41) is 25.6. The monoisotopic (exact) mass is 310 g/mol. The Bertz CT molecular complexity index is 790. The van der Waals surface area contributed by atoms with Crippen LogP contribution in [0.2, 0.25) is 0 Å². The molecule has 0 fully saturated rings. The van der Waals surface area contributed by atoms with Crippen molar-refractivity contribution in [3.63, 3.8) is 0 Å². The molecular formula is C17H18N4O2. The van der Waals surface area contributed by atoms with Gasteiger partial charge in [-0.05, 0) is 42.8 Å². The maximum atomic E-state index is 9.34. The number of aromatic hydroxyl groups is 1. The van der Waals surface area contributed by atoms with Gasteiger partial charge in [-0.25, -0.2) is 4.98 Å². The van der Waals surface area contributed by atoms with E-state index in [0.29, 0.717) is 18.9 Å². The van der Waals surface area contributed by atoms with E-state index in [1.807, 2.05) is 24.3 Å². The molecule has 1 heterocycles. The lowest BCUT2D eigenvalue weighted by Gasteiger charge is -2.11. The fourth-order valence-corrected chi connectivity index (χ4v) is 2.23. The Labute approximate surface area is 133 Å². The number of phenolic OH excluding ortho intramolecular Hbond substituents is 1. The highest BCUT2D eigenvalue weighted by Gasteiger charge is 2.07. The largest absolute Gasteiger partial charge is 0.508 e. The molecule has 118 valence electrons. The Morgan fingerprint density at radius 1 is 0.957 bits per heavy atom. The number of fused-ring (bicyclic) bond motifs is 1. The van der Waals surface area contributed by atoms with Gasteiger partial charge in [-0.3, -0.25) is 0 Å². The summed E-state index contributed by atoms with van der Waals surface area (Å²) in [5.41, 5.74) is 1.62. The van der Waals surface area contributed by atoms with Gasteiger partial charge in [-0.2, -0.15) is 4.98 Å². The zero-order chi connectivity index (χ0) is 16.1. The number of aliphatic hydroxyl groups is 1. The number of para-hydroxylation sites is 1. The maximum Gasteiger partial charge on any atom is 0.229 e. The minimum absolute atomic E-state index is 0.134. The standard InChI is InChI=1S/C17H18N4O2/c22-11-3-10-18-16-14-4-1-2-5-15(14)20-17(21-16)19-12-6-8-13(23)9-7-12/h1-2,4-9,22-23H,3,10-11H2,(H2,18,19,20,21). The first-order chi connectivity index (χ1) is 11.3. The van der Waals surface area contributed by atoms with Crippen LogP contribution in [0.1, 0.15) is 6.42 Å². The van der Waals surface area contributed by atoms with Crippen LogP contribution in [-0.2, 0) is 0 Å². The van der Waals surface area contributed by atoms with Crippen molar-refractivity contribution in [2.24, 2.45) is 0 Å². The number of nitrogens with one attached hydrogen (secondary N) is 2. The number of phenols is 1. The third kappa shape index (κ3) is 3.67. The Kier molecular flexibility index (Phi) is 4.54. The SMILES string of the molecule is OCCCNc1nc(Nc2ccc(O)cc2)nc2ccccc12. The zero-order valence-corrected chi connectivity index (χ0v) is 12.5. The molecule has 0 saturated carbocycles. The van der Waals surface area contributed by atoms with Gasteiger partial charge in [-0.15, -0.1) is 0 Å². The molecule has 2 aromatic carbocycles. The van der Waals surface area contributed by atoms with Crippen LogP contribution in [0.25, 0.3) is 10.9 Å². The molecule has 23 heavy (non-hydrogen) atoms. The minimum atomic E-state index is 0.134. The normalized spacial score (nSPS) is 10.7. The van der Waals surface area contributed by atoms with Gasteiger partial charge >= 0.3 is 0 Å². The summed E-state index contributed by atoms with van der Waals surface area (Å²) in [6.45, 7) is 0.769. The lowest BCUT2D eigenvalue weighted by molar-refractivity contribution is 0.292. The number of nitrogens with zero attached hydrogens (tertiary/aromatic N) is 2. The second-order valence-corrected chi connectivity index (χ2v) is 5.09. The maximum absolute atomic E-state index is 9.34. The predicted molar refractivity (Wildman–Crippen MR) is 91.1 cm³/mol. The van der Waals surface area contributed by atoms with Crippen LogP contribution in [0, 0.1) is 0 Å². The predicted octanol–water partition coefficient (Wildman–Crippen LogP) is 2.87. The third-order valence-corrected chi connectivity index (χ3v) is 3.35. The van der Waals surface area contributed by atoms with Crippen LogP contribution in [0.15, 0.2) is 48.5 Å². The van der Waals surface area contributed by atoms with Crippen LogP contribution in [0.5, 0.6) is 5.75 Å². The molecule has 0 aliphatic heterocycles. The van der Waals surface area contributed by atoms with Gasteiger partial charge in [-0.1, -0.05) is 12.1 Å².